The molecule has 1 aliphatic heterocycles. The Bertz CT molecular complexity index is 325. The number of allylic oxidation sites excluding steroid dienone is 1. The molecule has 1 heterocycles. The molecule has 0 atom stereocenters. The van der Waals surface area contributed by atoms with E-state index in [1.54, 1.807) is 0 Å². The predicted octanol–water partition coefficient (Wildman–Crippen LogP) is 1.93. The summed E-state index contributed by atoms with van der Waals surface area (Å²) in [7, 11) is 0. The van der Waals surface area contributed by atoms with Crippen LogP contribution in [-0.4, -0.2) is 11.8 Å². The minimum Gasteiger partial charge on any atom is -0.292 e. The number of imide groups is 1. The van der Waals surface area contributed by atoms with Gasteiger partial charge in [-0.1, -0.05) is 24.8 Å². The predicted molar refractivity (Wildman–Crippen MR) is 57.0 cm³/mol. The van der Waals surface area contributed by atoms with Crippen LogP contribution >= 0.6 is 0 Å². The number of nitrogens with one attached hydrogen (secondary N) is 1. The molecule has 15 heavy (non-hydrogen) atoms. The van der Waals surface area contributed by atoms with E-state index in [4.69, 9.17) is 0 Å². The molecule has 1 N–H and O–H groups in total. The normalized spacial score (nSPS) is 26.7. The Morgan fingerprint density at radius 3 is 2.40 bits per heavy atom. The number of hydrogen-bond acceptors (Lipinski definition) is 2. The Hall–Kier alpha value is -1.12. The first-order valence-electron chi connectivity index (χ1n) is 5.72. The Morgan fingerprint density at radius 1 is 1.20 bits per heavy atom. The third-order valence-electron chi connectivity index (χ3n) is 3.56. The molecule has 2 rings (SSSR count). The summed E-state index contributed by atoms with van der Waals surface area (Å²) >= 11 is 0. The van der Waals surface area contributed by atoms with Crippen molar-refractivity contribution in [2.45, 2.75) is 45.4 Å². The molecule has 2 amide bonds. The average molecular weight is 207 g/mol. The lowest BCUT2D eigenvalue weighted by molar-refractivity contribution is -0.124. The van der Waals surface area contributed by atoms with Gasteiger partial charge < -0.3 is 0 Å². The second-order valence-electron chi connectivity index (χ2n) is 4.55. The summed E-state index contributed by atoms with van der Waals surface area (Å²) in [5.74, 6) is 0.221. The third-order valence-corrected chi connectivity index (χ3v) is 3.56. The largest absolute Gasteiger partial charge is 0.292 e. The van der Waals surface area contributed by atoms with Crippen molar-refractivity contribution >= 4 is 11.8 Å². The Morgan fingerprint density at radius 2 is 1.87 bits per heavy atom. The van der Waals surface area contributed by atoms with Gasteiger partial charge in [0.15, 0.2) is 0 Å². The molecule has 1 aliphatic carbocycles. The highest BCUT2D eigenvalue weighted by Crippen LogP contribution is 2.32. The Balaban J connectivity index is 2.16. The van der Waals surface area contributed by atoms with Crippen LogP contribution in [0.4, 0.5) is 0 Å². The van der Waals surface area contributed by atoms with Crippen molar-refractivity contribution in [3.05, 3.63) is 11.1 Å². The molecule has 0 bridgehead atoms. The number of rotatable bonds is 1. The first-order valence-corrected chi connectivity index (χ1v) is 5.72. The third kappa shape index (κ3) is 2.11. The van der Waals surface area contributed by atoms with E-state index in [9.17, 15) is 9.59 Å². The van der Waals surface area contributed by atoms with Crippen LogP contribution in [0.25, 0.3) is 0 Å². The molecule has 0 aromatic rings. The molecule has 0 aromatic heterocycles. The monoisotopic (exact) mass is 207 g/mol. The minimum absolute atomic E-state index is 0.148. The molecule has 82 valence electrons. The maximum atomic E-state index is 11.5. The molecule has 3 heteroatoms. The molecule has 3 nitrogen and oxygen atoms in total. The molecule has 1 saturated carbocycles. The molecular formula is C12H17NO2. The highest BCUT2D eigenvalue weighted by atomic mass is 16.2. The van der Waals surface area contributed by atoms with Crippen LogP contribution in [0.3, 0.4) is 0 Å². The highest BCUT2D eigenvalue weighted by Gasteiger charge is 2.28. The van der Waals surface area contributed by atoms with Gasteiger partial charge in [-0.25, -0.2) is 0 Å². The van der Waals surface area contributed by atoms with Gasteiger partial charge in [0.05, 0.1) is 6.42 Å². The van der Waals surface area contributed by atoms with Gasteiger partial charge >= 0.3 is 0 Å². The van der Waals surface area contributed by atoms with Crippen LogP contribution in [0.5, 0.6) is 0 Å². The number of amides is 2. The van der Waals surface area contributed by atoms with Crippen molar-refractivity contribution in [3.8, 4) is 0 Å². The lowest BCUT2D eigenvalue weighted by atomic mass is 9.82. The summed E-state index contributed by atoms with van der Waals surface area (Å²) in [6.45, 7) is 2.02. The fraction of sp³-hybridized carbons (Fsp3) is 0.667. The summed E-state index contributed by atoms with van der Waals surface area (Å²) < 4.78 is 0. The molecule has 2 fully saturated rings. The quantitative estimate of drug-likeness (QED) is 0.527. The second kappa shape index (κ2) is 4.17. The first-order chi connectivity index (χ1) is 7.18. The molecule has 0 aromatic carbocycles. The van der Waals surface area contributed by atoms with E-state index < -0.39 is 0 Å². The summed E-state index contributed by atoms with van der Waals surface area (Å²) in [5.41, 5.74) is 1.88. The van der Waals surface area contributed by atoms with Crippen LogP contribution in [-0.2, 0) is 9.59 Å². The maximum Gasteiger partial charge on any atom is 0.254 e. The van der Waals surface area contributed by atoms with Crippen LogP contribution in [0.2, 0.25) is 0 Å². The van der Waals surface area contributed by atoms with Crippen molar-refractivity contribution in [1.29, 1.82) is 0 Å². The molecular weight excluding hydrogens is 190 g/mol. The number of hydrogen-bond donors (Lipinski definition) is 1. The summed E-state index contributed by atoms with van der Waals surface area (Å²) in [4.78, 5) is 22.6. The van der Waals surface area contributed by atoms with Gasteiger partial charge in [-0.3, -0.25) is 14.9 Å². The van der Waals surface area contributed by atoms with Gasteiger partial charge in [-0.05, 0) is 25.7 Å². The molecule has 0 unspecified atom stereocenters. The van der Waals surface area contributed by atoms with Gasteiger partial charge in [-0.15, -0.1) is 0 Å². The second-order valence-corrected chi connectivity index (χ2v) is 4.55. The number of carbonyl (C=O) groups is 2. The molecule has 2 aliphatic rings. The zero-order valence-corrected chi connectivity index (χ0v) is 9.14. The van der Waals surface area contributed by atoms with Crippen LogP contribution < -0.4 is 5.32 Å². The summed E-state index contributed by atoms with van der Waals surface area (Å²) in [6, 6.07) is 0. The Kier molecular flexibility index (Phi) is 2.89. The SMILES string of the molecule is CC(=C1CC(=O)NC1=O)C1CCCCC1. The van der Waals surface area contributed by atoms with E-state index in [1.165, 1.54) is 32.1 Å². The maximum absolute atomic E-state index is 11.5. The van der Waals surface area contributed by atoms with Gasteiger partial charge in [0.25, 0.3) is 5.91 Å². The Labute approximate surface area is 89.9 Å². The van der Waals surface area contributed by atoms with E-state index in [2.05, 4.69) is 5.32 Å². The molecule has 1 saturated heterocycles. The van der Waals surface area contributed by atoms with Crippen LogP contribution in [0.1, 0.15) is 45.4 Å². The first kappa shape index (κ1) is 10.4. The standard InChI is InChI=1S/C12H17NO2/c1-8(9-5-3-2-4-6-9)10-7-11(14)13-12(10)15/h9H,2-7H2,1H3,(H,13,14,15). The van der Waals surface area contributed by atoms with Crippen molar-refractivity contribution in [1.82, 2.24) is 5.32 Å². The van der Waals surface area contributed by atoms with Crippen LogP contribution in [0.15, 0.2) is 11.1 Å². The topological polar surface area (TPSA) is 46.2 Å². The van der Waals surface area contributed by atoms with Gasteiger partial charge in [0, 0.05) is 5.57 Å². The van der Waals surface area contributed by atoms with Gasteiger partial charge in [0.2, 0.25) is 5.91 Å². The van der Waals surface area contributed by atoms with E-state index in [-0.39, 0.29) is 11.8 Å². The van der Waals surface area contributed by atoms with Crippen molar-refractivity contribution < 1.29 is 9.59 Å². The zero-order chi connectivity index (χ0) is 10.8. The smallest absolute Gasteiger partial charge is 0.254 e. The zero-order valence-electron chi connectivity index (χ0n) is 9.14. The lowest BCUT2D eigenvalue weighted by Crippen LogP contribution is -2.20. The van der Waals surface area contributed by atoms with E-state index in [0.717, 1.165) is 11.1 Å². The van der Waals surface area contributed by atoms with E-state index in [0.29, 0.717) is 12.3 Å². The van der Waals surface area contributed by atoms with Crippen molar-refractivity contribution in [3.63, 3.8) is 0 Å². The minimum atomic E-state index is -0.164. The van der Waals surface area contributed by atoms with E-state index in [1.807, 2.05) is 6.92 Å². The molecule has 0 radical (unpaired) electrons. The van der Waals surface area contributed by atoms with Crippen LogP contribution in [0, 0.1) is 5.92 Å². The lowest BCUT2D eigenvalue weighted by Gasteiger charge is -2.23. The van der Waals surface area contributed by atoms with Crippen molar-refractivity contribution in [2.24, 2.45) is 5.92 Å². The van der Waals surface area contributed by atoms with Gasteiger partial charge in [0.1, 0.15) is 0 Å². The summed E-state index contributed by atoms with van der Waals surface area (Å²) in [6.07, 6.45) is 6.47. The van der Waals surface area contributed by atoms with E-state index >= 15 is 0 Å². The fourth-order valence-corrected chi connectivity index (χ4v) is 2.59. The average Bonchev–Trinajstić information content (AvgIpc) is 2.58. The summed E-state index contributed by atoms with van der Waals surface area (Å²) in [5, 5.41) is 2.35. The fourth-order valence-electron chi connectivity index (χ4n) is 2.59. The number of carbonyl (C=O) groups excluding carboxylic acids is 2. The van der Waals surface area contributed by atoms with Crippen molar-refractivity contribution in [2.75, 3.05) is 0 Å². The highest BCUT2D eigenvalue weighted by molar-refractivity contribution is 6.13. The van der Waals surface area contributed by atoms with Gasteiger partial charge in [-0.2, -0.15) is 0 Å². The molecule has 0 spiro atoms.